The fourth-order valence-corrected chi connectivity index (χ4v) is 2.27. The Labute approximate surface area is 152 Å². The number of hydrogen-bond acceptors (Lipinski definition) is 5. The molecule has 0 atom stereocenters. The molecule has 0 unspecified atom stereocenters. The van der Waals surface area contributed by atoms with E-state index in [1.165, 1.54) is 0 Å². The van der Waals surface area contributed by atoms with Gasteiger partial charge in [-0.15, -0.1) is 0 Å². The Balaban J connectivity index is 1.87. The van der Waals surface area contributed by atoms with Crippen molar-refractivity contribution in [2.45, 2.75) is 26.8 Å². The van der Waals surface area contributed by atoms with Crippen LogP contribution in [0.2, 0.25) is 0 Å². The van der Waals surface area contributed by atoms with Crippen LogP contribution in [-0.2, 0) is 16.1 Å². The number of carbonyl (C=O) groups excluding carboxylic acids is 2. The van der Waals surface area contributed by atoms with Crippen molar-refractivity contribution in [3.05, 3.63) is 48.2 Å². The van der Waals surface area contributed by atoms with Crippen molar-refractivity contribution in [2.24, 2.45) is 0 Å². The molecule has 0 spiro atoms. The van der Waals surface area contributed by atoms with Gasteiger partial charge < -0.3 is 20.1 Å². The number of aromatic nitrogens is 1. The van der Waals surface area contributed by atoms with Crippen LogP contribution in [0.4, 0.5) is 5.69 Å². The smallest absolute Gasteiger partial charge is 0.233 e. The minimum absolute atomic E-state index is 0.241. The zero-order valence-corrected chi connectivity index (χ0v) is 15.0. The maximum absolute atomic E-state index is 12.1. The fourth-order valence-electron chi connectivity index (χ4n) is 2.27. The number of nitrogens with one attached hydrogen (secondary N) is 2. The molecule has 1 aromatic heterocycles. The van der Waals surface area contributed by atoms with Crippen molar-refractivity contribution in [1.82, 2.24) is 10.3 Å². The van der Waals surface area contributed by atoms with Gasteiger partial charge in [0.1, 0.15) is 12.2 Å². The summed E-state index contributed by atoms with van der Waals surface area (Å²) in [4.78, 5) is 28.3. The van der Waals surface area contributed by atoms with Gasteiger partial charge in [0, 0.05) is 18.3 Å². The van der Waals surface area contributed by atoms with Crippen LogP contribution in [-0.4, -0.2) is 30.0 Å². The first-order chi connectivity index (χ1) is 12.6. The minimum Gasteiger partial charge on any atom is -0.492 e. The molecule has 138 valence electrons. The highest BCUT2D eigenvalue weighted by molar-refractivity contribution is 6.04. The van der Waals surface area contributed by atoms with Crippen LogP contribution in [0.15, 0.2) is 42.6 Å². The molecule has 0 saturated carbocycles. The number of para-hydroxylation sites is 2. The van der Waals surface area contributed by atoms with Crippen LogP contribution in [0.5, 0.6) is 11.6 Å². The SMILES string of the molecule is CCOc1ccccc1NC(=O)CC(=O)NCc1cccnc1OCC. The summed E-state index contributed by atoms with van der Waals surface area (Å²) in [5.41, 5.74) is 1.29. The Kier molecular flexibility index (Phi) is 7.42. The molecule has 0 aliphatic heterocycles. The summed E-state index contributed by atoms with van der Waals surface area (Å²) >= 11 is 0. The third kappa shape index (κ3) is 5.77. The molecule has 0 aliphatic carbocycles. The van der Waals surface area contributed by atoms with Gasteiger partial charge in [-0.25, -0.2) is 4.98 Å². The van der Waals surface area contributed by atoms with Gasteiger partial charge in [-0.05, 0) is 32.0 Å². The molecule has 2 N–H and O–H groups in total. The predicted molar refractivity (Wildman–Crippen MR) is 98.1 cm³/mol. The molecule has 0 saturated heterocycles. The molecular weight excluding hydrogens is 334 g/mol. The van der Waals surface area contributed by atoms with Crippen molar-refractivity contribution in [3.8, 4) is 11.6 Å². The first-order valence-corrected chi connectivity index (χ1v) is 8.49. The van der Waals surface area contributed by atoms with Gasteiger partial charge in [-0.1, -0.05) is 18.2 Å². The standard InChI is InChI=1S/C19H23N3O4/c1-3-25-16-10-6-5-9-15(16)22-18(24)12-17(23)21-13-14-8-7-11-20-19(14)26-4-2/h5-11H,3-4,12-13H2,1-2H3,(H,21,23)(H,22,24). The van der Waals surface area contributed by atoms with Gasteiger partial charge >= 0.3 is 0 Å². The highest BCUT2D eigenvalue weighted by Gasteiger charge is 2.13. The first-order valence-electron chi connectivity index (χ1n) is 8.49. The van der Waals surface area contributed by atoms with Crippen molar-refractivity contribution >= 4 is 17.5 Å². The largest absolute Gasteiger partial charge is 0.492 e. The second-order valence-corrected chi connectivity index (χ2v) is 5.33. The van der Waals surface area contributed by atoms with Crippen LogP contribution in [0.3, 0.4) is 0 Å². The first kappa shape index (κ1) is 19.2. The fraction of sp³-hybridized carbons (Fsp3) is 0.316. The van der Waals surface area contributed by atoms with E-state index in [1.807, 2.05) is 26.0 Å². The lowest BCUT2D eigenvalue weighted by Crippen LogP contribution is -2.28. The summed E-state index contributed by atoms with van der Waals surface area (Å²) in [6, 6.07) is 10.7. The lowest BCUT2D eigenvalue weighted by Gasteiger charge is -2.12. The average Bonchev–Trinajstić information content (AvgIpc) is 2.63. The third-order valence-electron chi connectivity index (χ3n) is 3.39. The van der Waals surface area contributed by atoms with Crippen molar-refractivity contribution in [1.29, 1.82) is 0 Å². The van der Waals surface area contributed by atoms with E-state index < -0.39 is 5.91 Å². The summed E-state index contributed by atoms with van der Waals surface area (Å²) in [6.07, 6.45) is 1.34. The minimum atomic E-state index is -0.411. The molecule has 0 radical (unpaired) electrons. The van der Waals surface area contributed by atoms with Crippen molar-refractivity contribution < 1.29 is 19.1 Å². The van der Waals surface area contributed by atoms with E-state index >= 15 is 0 Å². The molecular formula is C19H23N3O4. The second kappa shape index (κ2) is 10.0. The van der Waals surface area contributed by atoms with E-state index in [0.717, 1.165) is 5.56 Å². The number of nitrogens with zero attached hydrogens (tertiary/aromatic N) is 1. The molecule has 1 heterocycles. The van der Waals surface area contributed by atoms with Gasteiger partial charge in [0.25, 0.3) is 0 Å². The molecule has 1 aromatic carbocycles. The number of hydrogen-bond donors (Lipinski definition) is 2. The maximum atomic E-state index is 12.1. The van der Waals surface area contributed by atoms with E-state index in [2.05, 4.69) is 15.6 Å². The van der Waals surface area contributed by atoms with E-state index in [-0.39, 0.29) is 18.9 Å². The molecule has 2 aromatic rings. The zero-order valence-electron chi connectivity index (χ0n) is 15.0. The molecule has 7 nitrogen and oxygen atoms in total. The maximum Gasteiger partial charge on any atom is 0.233 e. The number of amides is 2. The van der Waals surface area contributed by atoms with Gasteiger partial charge in [0.15, 0.2) is 0 Å². The number of rotatable bonds is 9. The summed E-state index contributed by atoms with van der Waals surface area (Å²) in [5.74, 6) is 0.249. The molecule has 0 aliphatic rings. The van der Waals surface area contributed by atoms with Gasteiger partial charge in [-0.3, -0.25) is 9.59 Å². The Hall–Kier alpha value is -3.09. The van der Waals surface area contributed by atoms with Crippen molar-refractivity contribution in [2.75, 3.05) is 18.5 Å². The normalized spacial score (nSPS) is 10.1. The topological polar surface area (TPSA) is 89.5 Å². The number of ether oxygens (including phenoxy) is 2. The quantitative estimate of drug-likeness (QED) is 0.673. The Bertz CT molecular complexity index is 749. The highest BCUT2D eigenvalue weighted by atomic mass is 16.5. The van der Waals surface area contributed by atoms with Crippen LogP contribution < -0.4 is 20.1 Å². The van der Waals surface area contributed by atoms with Gasteiger partial charge in [-0.2, -0.15) is 0 Å². The summed E-state index contributed by atoms with van der Waals surface area (Å²) in [5, 5.41) is 5.40. The summed E-state index contributed by atoms with van der Waals surface area (Å²) < 4.78 is 10.9. The lowest BCUT2D eigenvalue weighted by atomic mass is 10.2. The molecule has 26 heavy (non-hydrogen) atoms. The monoisotopic (exact) mass is 357 g/mol. The van der Waals surface area contributed by atoms with Crippen LogP contribution in [0, 0.1) is 0 Å². The van der Waals surface area contributed by atoms with E-state index in [9.17, 15) is 9.59 Å². The van der Waals surface area contributed by atoms with E-state index in [4.69, 9.17) is 9.47 Å². The Morgan fingerprint density at radius 3 is 2.54 bits per heavy atom. The number of pyridine rings is 1. The van der Waals surface area contributed by atoms with E-state index in [1.54, 1.807) is 30.5 Å². The second-order valence-electron chi connectivity index (χ2n) is 5.33. The van der Waals surface area contributed by atoms with Crippen LogP contribution >= 0.6 is 0 Å². The lowest BCUT2D eigenvalue weighted by molar-refractivity contribution is -0.126. The van der Waals surface area contributed by atoms with Gasteiger partial charge in [0.2, 0.25) is 17.7 Å². The molecule has 7 heteroatoms. The predicted octanol–water partition coefficient (Wildman–Crippen LogP) is 2.52. The highest BCUT2D eigenvalue weighted by Crippen LogP contribution is 2.23. The molecule has 0 fully saturated rings. The average molecular weight is 357 g/mol. The van der Waals surface area contributed by atoms with Crippen molar-refractivity contribution in [3.63, 3.8) is 0 Å². The molecule has 0 bridgehead atoms. The zero-order chi connectivity index (χ0) is 18.8. The Morgan fingerprint density at radius 1 is 1.00 bits per heavy atom. The van der Waals surface area contributed by atoms with Crippen LogP contribution in [0.1, 0.15) is 25.8 Å². The van der Waals surface area contributed by atoms with E-state index in [0.29, 0.717) is 30.5 Å². The number of benzene rings is 1. The summed E-state index contributed by atoms with van der Waals surface area (Å²) in [6.45, 7) is 4.94. The third-order valence-corrected chi connectivity index (χ3v) is 3.39. The molecule has 2 amide bonds. The van der Waals surface area contributed by atoms with Crippen LogP contribution in [0.25, 0.3) is 0 Å². The molecule has 2 rings (SSSR count). The number of carbonyl (C=O) groups is 2. The number of anilines is 1. The Morgan fingerprint density at radius 2 is 1.77 bits per heavy atom. The summed E-state index contributed by atoms with van der Waals surface area (Å²) in [7, 11) is 0. The van der Waals surface area contributed by atoms with Gasteiger partial charge in [0.05, 0.1) is 18.9 Å².